The van der Waals surface area contributed by atoms with Crippen molar-refractivity contribution in [1.29, 1.82) is 0 Å². The minimum absolute atomic E-state index is 0.760. The summed E-state index contributed by atoms with van der Waals surface area (Å²) in [4.78, 5) is 23.8. The summed E-state index contributed by atoms with van der Waals surface area (Å²) >= 11 is 0. The van der Waals surface area contributed by atoms with Gasteiger partial charge in [0.2, 0.25) is 0 Å². The number of ether oxygens (including phenoxy) is 1. The first-order chi connectivity index (χ1) is 30.9. The van der Waals surface area contributed by atoms with Gasteiger partial charge in [-0.2, -0.15) is 0 Å². The van der Waals surface area contributed by atoms with Crippen molar-refractivity contribution >= 4 is 66.4 Å². The third-order valence-electron chi connectivity index (χ3n) is 12.1. The number of rotatable bonds is 9. The summed E-state index contributed by atoms with van der Waals surface area (Å²) in [6, 6.07) is 55.1. The van der Waals surface area contributed by atoms with Crippen molar-refractivity contribution in [2.24, 2.45) is 0 Å². The van der Waals surface area contributed by atoms with Crippen LogP contribution in [-0.2, 0) is 0 Å². The maximum Gasteiger partial charge on any atom is 0.141 e. The molecule has 0 bridgehead atoms. The minimum atomic E-state index is 0.760. The fourth-order valence-electron chi connectivity index (χ4n) is 8.79. The Morgan fingerprint density at radius 2 is 0.905 bits per heavy atom. The van der Waals surface area contributed by atoms with Crippen molar-refractivity contribution in [2.75, 3.05) is 31.0 Å². The molecule has 9 heteroatoms. The van der Waals surface area contributed by atoms with E-state index in [2.05, 4.69) is 179 Å². The predicted octanol–water partition coefficient (Wildman–Crippen LogP) is 12.6. The molecule has 0 fully saturated rings. The molecule has 0 atom stereocenters. The number of hydrogen-bond donors (Lipinski definition) is 0. The molecular weight excluding hydrogens is 777 g/mol. The zero-order valence-electron chi connectivity index (χ0n) is 35.3. The average molecular weight is 819 g/mol. The van der Waals surface area contributed by atoms with Crippen LogP contribution >= 0.6 is 0 Å². The molecule has 0 N–H and O–H groups in total. The molecule has 63 heavy (non-hydrogen) atoms. The van der Waals surface area contributed by atoms with Crippen LogP contribution < -0.4 is 14.5 Å². The Labute approximate surface area is 364 Å². The molecule has 0 amide bonds. The fourth-order valence-corrected chi connectivity index (χ4v) is 8.79. The molecule has 0 unspecified atom stereocenters. The molecule has 0 aliphatic heterocycles. The molecule has 9 nitrogen and oxygen atoms in total. The van der Waals surface area contributed by atoms with Gasteiger partial charge in [-0.15, -0.1) is 0 Å². The molecule has 6 aromatic carbocycles. The lowest BCUT2D eigenvalue weighted by Gasteiger charge is -2.21. The first-order valence-electron chi connectivity index (χ1n) is 20.9. The van der Waals surface area contributed by atoms with Gasteiger partial charge in [-0.3, -0.25) is 19.1 Å². The summed E-state index contributed by atoms with van der Waals surface area (Å²) in [6.45, 7) is 2.10. The third kappa shape index (κ3) is 6.58. The smallest absolute Gasteiger partial charge is 0.141 e. The molecule has 0 saturated heterocycles. The average Bonchev–Trinajstić information content (AvgIpc) is 3.86. The molecule has 0 radical (unpaired) electrons. The van der Waals surface area contributed by atoms with E-state index < -0.39 is 0 Å². The quantitative estimate of drug-likeness (QED) is 0.144. The van der Waals surface area contributed by atoms with Gasteiger partial charge in [-0.25, -0.2) is 9.97 Å². The topological polar surface area (TPSA) is 77.1 Å². The van der Waals surface area contributed by atoms with Gasteiger partial charge in [0.25, 0.3) is 0 Å². The number of hydrogen-bond acceptors (Lipinski definition) is 7. The highest BCUT2D eigenvalue weighted by molar-refractivity contribution is 6.11. The molecular formula is C54H42N8O. The van der Waals surface area contributed by atoms with Gasteiger partial charge in [-0.1, -0.05) is 72.8 Å². The number of fused-ring (bicyclic) bond motifs is 6. The largest absolute Gasteiger partial charge is 0.497 e. The van der Waals surface area contributed by atoms with Crippen LogP contribution in [0.25, 0.3) is 77.8 Å². The molecule has 0 spiro atoms. The number of aromatic nitrogens is 6. The van der Waals surface area contributed by atoms with E-state index in [4.69, 9.17) is 24.7 Å². The second-order valence-electron chi connectivity index (χ2n) is 15.9. The van der Waals surface area contributed by atoms with Gasteiger partial charge in [0.1, 0.15) is 17.4 Å². The Balaban J connectivity index is 0.874. The van der Waals surface area contributed by atoms with Crippen molar-refractivity contribution in [3.63, 3.8) is 0 Å². The maximum absolute atomic E-state index is 5.56. The normalized spacial score (nSPS) is 11.5. The van der Waals surface area contributed by atoms with Crippen LogP contribution in [0.3, 0.4) is 0 Å². The second-order valence-corrected chi connectivity index (χ2v) is 15.9. The molecule has 0 saturated carbocycles. The van der Waals surface area contributed by atoms with E-state index in [0.717, 1.165) is 90.1 Å². The number of nitrogens with zero attached hydrogens (tertiary/aromatic N) is 8. The molecule has 11 rings (SSSR count). The molecule has 11 aromatic rings. The van der Waals surface area contributed by atoms with Gasteiger partial charge in [0.05, 0.1) is 53.0 Å². The Hall–Kier alpha value is -8.30. The van der Waals surface area contributed by atoms with Crippen molar-refractivity contribution in [1.82, 2.24) is 29.1 Å². The lowest BCUT2D eigenvalue weighted by Crippen LogP contribution is -2.10. The van der Waals surface area contributed by atoms with Crippen LogP contribution in [0.2, 0.25) is 0 Å². The molecule has 0 aliphatic rings. The predicted molar refractivity (Wildman–Crippen MR) is 257 cm³/mol. The van der Waals surface area contributed by atoms with E-state index in [-0.39, 0.29) is 0 Å². The number of pyridine rings is 2. The summed E-state index contributed by atoms with van der Waals surface area (Å²) in [5.41, 5.74) is 13.3. The Kier molecular flexibility index (Phi) is 9.16. The zero-order chi connectivity index (χ0) is 42.6. The summed E-state index contributed by atoms with van der Waals surface area (Å²) in [5.74, 6) is 2.47. The SMILES string of the molecule is COc1ccnc(-n2c3ccccc3c3ccc(N(C)c4cccc(-c5cnc(-c6cccc(N(C)c7ccc8c9ccccc9n(-c9cc(C)ccn9)c8c7)c6)cn5)c4)cc32)c1. The van der Waals surface area contributed by atoms with Crippen LogP contribution in [0.15, 0.2) is 183 Å². The molecule has 5 aromatic heterocycles. The highest BCUT2D eigenvalue weighted by Crippen LogP contribution is 2.38. The van der Waals surface area contributed by atoms with E-state index in [1.54, 1.807) is 13.3 Å². The van der Waals surface area contributed by atoms with E-state index in [1.165, 1.54) is 21.7 Å². The van der Waals surface area contributed by atoms with Crippen LogP contribution in [0.1, 0.15) is 5.56 Å². The number of anilines is 4. The van der Waals surface area contributed by atoms with Crippen LogP contribution in [0.5, 0.6) is 5.75 Å². The van der Waals surface area contributed by atoms with Crippen LogP contribution in [0.4, 0.5) is 22.7 Å². The van der Waals surface area contributed by atoms with Crippen molar-refractivity contribution in [3.8, 4) is 39.9 Å². The van der Waals surface area contributed by atoms with Gasteiger partial charge >= 0.3 is 0 Å². The first kappa shape index (κ1) is 37.7. The van der Waals surface area contributed by atoms with Crippen molar-refractivity contribution < 1.29 is 4.74 Å². The van der Waals surface area contributed by atoms with E-state index in [9.17, 15) is 0 Å². The summed E-state index contributed by atoms with van der Waals surface area (Å²) < 4.78 is 10.0. The van der Waals surface area contributed by atoms with Crippen LogP contribution in [-0.4, -0.2) is 50.3 Å². The van der Waals surface area contributed by atoms with Gasteiger partial charge in [-0.05, 0) is 91.3 Å². The van der Waals surface area contributed by atoms with Crippen LogP contribution in [0, 0.1) is 6.92 Å². The Morgan fingerprint density at radius 1 is 0.429 bits per heavy atom. The Morgan fingerprint density at radius 3 is 1.41 bits per heavy atom. The molecule has 304 valence electrons. The molecule has 0 aliphatic carbocycles. The number of para-hydroxylation sites is 2. The summed E-state index contributed by atoms with van der Waals surface area (Å²) in [6.07, 6.45) is 7.39. The maximum atomic E-state index is 5.56. The standard InChI is InChI=1S/C54H42N8O/c1-35-23-25-55-53(27-35)61-49-17-7-5-15-43(49)45-21-19-40(30-51(45)61)59(2)38-13-9-11-36(28-38)47-33-58-48(34-57-47)37-12-10-14-39(29-37)60(3)41-20-22-46-44-16-6-8-18-50(44)62(52(46)31-41)54-32-42(63-4)24-26-56-54/h5-34H,1-4H3. The van der Waals surface area contributed by atoms with E-state index in [1.807, 2.05) is 36.8 Å². The third-order valence-corrected chi connectivity index (χ3v) is 12.1. The molecule has 5 heterocycles. The summed E-state index contributed by atoms with van der Waals surface area (Å²) in [5, 5.41) is 4.72. The zero-order valence-corrected chi connectivity index (χ0v) is 35.3. The van der Waals surface area contributed by atoms with Crippen molar-refractivity contribution in [2.45, 2.75) is 6.92 Å². The fraction of sp³-hybridized carbons (Fsp3) is 0.0741. The minimum Gasteiger partial charge on any atom is -0.497 e. The first-order valence-corrected chi connectivity index (χ1v) is 20.9. The highest BCUT2D eigenvalue weighted by atomic mass is 16.5. The van der Waals surface area contributed by atoms with Crippen molar-refractivity contribution in [3.05, 3.63) is 188 Å². The second kappa shape index (κ2) is 15.3. The van der Waals surface area contributed by atoms with Gasteiger partial charge in [0.15, 0.2) is 0 Å². The van der Waals surface area contributed by atoms with Gasteiger partial charge in [0, 0.05) is 88.0 Å². The number of benzene rings is 6. The summed E-state index contributed by atoms with van der Waals surface area (Å²) in [7, 11) is 5.88. The highest BCUT2D eigenvalue weighted by Gasteiger charge is 2.18. The number of aryl methyl sites for hydroxylation is 1. The Bertz CT molecular complexity index is 3520. The van der Waals surface area contributed by atoms with E-state index >= 15 is 0 Å². The lowest BCUT2D eigenvalue weighted by molar-refractivity contribution is 0.414. The van der Waals surface area contributed by atoms with Gasteiger partial charge < -0.3 is 14.5 Å². The number of methoxy groups -OCH3 is 1. The monoisotopic (exact) mass is 818 g/mol. The van der Waals surface area contributed by atoms with E-state index in [0.29, 0.717) is 0 Å². The lowest BCUT2D eigenvalue weighted by atomic mass is 10.1.